The largest absolute Gasteiger partial charge is 0.506 e. The second-order valence-electron chi connectivity index (χ2n) is 4.86. The Bertz CT molecular complexity index is 861. The van der Waals surface area contributed by atoms with Crippen LogP contribution in [0.15, 0.2) is 36.4 Å². The number of halogens is 2. The Morgan fingerprint density at radius 1 is 1.09 bits per heavy atom. The van der Waals surface area contributed by atoms with Crippen LogP contribution in [-0.2, 0) is 0 Å². The Kier molecular flexibility index (Phi) is 3.25. The molecule has 3 rings (SSSR count). The molecule has 0 saturated carbocycles. The fourth-order valence-corrected chi connectivity index (χ4v) is 2.13. The topological polar surface area (TPSA) is 77.0 Å². The molecule has 0 bridgehead atoms. The second-order valence-corrected chi connectivity index (χ2v) is 4.86. The third-order valence-corrected chi connectivity index (χ3v) is 3.26. The van der Waals surface area contributed by atoms with Gasteiger partial charge in [-0.05, 0) is 42.8 Å². The van der Waals surface area contributed by atoms with E-state index in [1.165, 1.54) is 10.7 Å². The summed E-state index contributed by atoms with van der Waals surface area (Å²) in [4.78, 5) is 0. The van der Waals surface area contributed by atoms with E-state index < -0.39 is 11.6 Å². The molecule has 0 amide bonds. The van der Waals surface area contributed by atoms with Crippen LogP contribution in [0.3, 0.4) is 0 Å². The number of benzene rings is 2. The highest BCUT2D eigenvalue weighted by atomic mass is 19.2. The summed E-state index contributed by atoms with van der Waals surface area (Å²) in [5.41, 5.74) is 7.71. The quantitative estimate of drug-likeness (QED) is 0.763. The number of anilines is 1. The molecule has 3 aromatic rings. The van der Waals surface area contributed by atoms with Crippen molar-refractivity contribution >= 4 is 5.82 Å². The molecule has 0 fully saturated rings. The number of hydrogen-bond donors (Lipinski definition) is 2. The third kappa shape index (κ3) is 2.26. The first kappa shape index (κ1) is 14.0. The number of aromatic nitrogens is 3. The fraction of sp³-hybridized carbons (Fsp3) is 0.0667. The van der Waals surface area contributed by atoms with Crippen molar-refractivity contribution in [3.8, 4) is 22.7 Å². The van der Waals surface area contributed by atoms with Crippen LogP contribution in [0.4, 0.5) is 14.6 Å². The fourth-order valence-electron chi connectivity index (χ4n) is 2.13. The smallest absolute Gasteiger partial charge is 0.159 e. The number of aryl methyl sites for hydroxylation is 1. The molecule has 1 heterocycles. The zero-order valence-electron chi connectivity index (χ0n) is 11.6. The average Bonchev–Trinajstić information content (AvgIpc) is 2.84. The van der Waals surface area contributed by atoms with Gasteiger partial charge in [0.1, 0.15) is 17.1 Å². The summed E-state index contributed by atoms with van der Waals surface area (Å²) < 4.78 is 27.6. The minimum atomic E-state index is -0.996. The van der Waals surface area contributed by atoms with Gasteiger partial charge in [-0.25, -0.2) is 8.78 Å². The third-order valence-electron chi connectivity index (χ3n) is 3.26. The lowest BCUT2D eigenvalue weighted by Gasteiger charge is -2.07. The molecule has 2 aromatic carbocycles. The van der Waals surface area contributed by atoms with Crippen molar-refractivity contribution in [2.75, 3.05) is 5.73 Å². The predicted octanol–water partition coefficient (Wildman–Crippen LogP) is 2.81. The maximum atomic E-state index is 13.3. The van der Waals surface area contributed by atoms with E-state index in [1.54, 1.807) is 18.2 Å². The van der Waals surface area contributed by atoms with Gasteiger partial charge in [-0.2, -0.15) is 4.68 Å². The lowest BCUT2D eigenvalue weighted by molar-refractivity contribution is 0.469. The van der Waals surface area contributed by atoms with Gasteiger partial charge in [0.25, 0.3) is 0 Å². The van der Waals surface area contributed by atoms with Crippen LogP contribution in [-0.4, -0.2) is 20.1 Å². The molecule has 3 N–H and O–H groups in total. The number of rotatable bonds is 2. The summed E-state index contributed by atoms with van der Waals surface area (Å²) in [5, 5.41) is 17.7. The van der Waals surface area contributed by atoms with Gasteiger partial charge >= 0.3 is 0 Å². The summed E-state index contributed by atoms with van der Waals surface area (Å²) in [6.45, 7) is 1.83. The van der Waals surface area contributed by atoms with Crippen LogP contribution in [0.5, 0.6) is 5.75 Å². The molecule has 0 aliphatic rings. The monoisotopic (exact) mass is 302 g/mol. The van der Waals surface area contributed by atoms with E-state index in [0.29, 0.717) is 11.3 Å². The van der Waals surface area contributed by atoms with Crippen molar-refractivity contribution in [2.45, 2.75) is 6.92 Å². The number of aromatic hydroxyl groups is 1. The minimum Gasteiger partial charge on any atom is -0.506 e. The number of hydrogen-bond acceptors (Lipinski definition) is 4. The molecule has 0 aliphatic heterocycles. The molecule has 22 heavy (non-hydrogen) atoms. The first-order valence-electron chi connectivity index (χ1n) is 6.44. The number of phenols is 1. The molecule has 0 radical (unpaired) electrons. The van der Waals surface area contributed by atoms with Gasteiger partial charge in [-0.3, -0.25) is 0 Å². The van der Waals surface area contributed by atoms with Crippen LogP contribution < -0.4 is 5.73 Å². The van der Waals surface area contributed by atoms with Gasteiger partial charge in [-0.1, -0.05) is 11.3 Å². The molecule has 0 saturated heterocycles. The van der Waals surface area contributed by atoms with Crippen molar-refractivity contribution in [2.24, 2.45) is 0 Å². The minimum absolute atomic E-state index is 0.00608. The van der Waals surface area contributed by atoms with E-state index in [1.807, 2.05) is 6.92 Å². The van der Waals surface area contributed by atoms with E-state index in [-0.39, 0.29) is 17.3 Å². The normalized spacial score (nSPS) is 10.9. The van der Waals surface area contributed by atoms with Crippen LogP contribution in [0.1, 0.15) is 5.56 Å². The van der Waals surface area contributed by atoms with E-state index >= 15 is 0 Å². The van der Waals surface area contributed by atoms with Gasteiger partial charge in [0, 0.05) is 5.56 Å². The first-order valence-corrected chi connectivity index (χ1v) is 6.44. The first-order chi connectivity index (χ1) is 10.5. The average molecular weight is 302 g/mol. The van der Waals surface area contributed by atoms with E-state index in [0.717, 1.165) is 17.7 Å². The van der Waals surface area contributed by atoms with Gasteiger partial charge in [0.05, 0.1) is 0 Å². The highest BCUT2D eigenvalue weighted by Gasteiger charge is 2.16. The van der Waals surface area contributed by atoms with Crippen molar-refractivity contribution < 1.29 is 13.9 Å². The molecule has 1 aromatic heterocycles. The number of nitrogens with two attached hydrogens (primary N) is 1. The van der Waals surface area contributed by atoms with Crippen molar-refractivity contribution in [1.29, 1.82) is 0 Å². The van der Waals surface area contributed by atoms with Crippen molar-refractivity contribution in [3.05, 3.63) is 53.6 Å². The highest BCUT2D eigenvalue weighted by Crippen LogP contribution is 2.29. The Labute approximate surface area is 124 Å². The molecule has 0 spiro atoms. The number of nitrogen functional groups attached to an aromatic ring is 1. The van der Waals surface area contributed by atoms with Crippen LogP contribution in [0.2, 0.25) is 0 Å². The Morgan fingerprint density at radius 3 is 2.55 bits per heavy atom. The lowest BCUT2D eigenvalue weighted by atomic mass is 10.1. The maximum Gasteiger partial charge on any atom is 0.159 e. The van der Waals surface area contributed by atoms with Gasteiger partial charge in [0.15, 0.2) is 17.5 Å². The van der Waals surface area contributed by atoms with Gasteiger partial charge in [-0.15, -0.1) is 5.10 Å². The summed E-state index contributed by atoms with van der Waals surface area (Å²) in [5.74, 6) is -1.84. The number of nitrogens with zero attached hydrogens (tertiary/aromatic N) is 3. The number of phenolic OH excluding ortho intramolecular Hbond substituents is 1. The molecule has 5 nitrogen and oxygen atoms in total. The second kappa shape index (κ2) is 5.10. The maximum absolute atomic E-state index is 13.3. The SMILES string of the molecule is Cc1ccc(-n2nnc(-c3ccc(F)c(F)c3)c2N)c(O)c1. The van der Waals surface area contributed by atoms with Crippen molar-refractivity contribution in [3.63, 3.8) is 0 Å². The summed E-state index contributed by atoms with van der Waals surface area (Å²) >= 11 is 0. The highest BCUT2D eigenvalue weighted by molar-refractivity contribution is 5.71. The molecular formula is C15H12F2N4O. The Balaban J connectivity index is 2.10. The zero-order chi connectivity index (χ0) is 15.9. The van der Waals surface area contributed by atoms with Gasteiger partial charge < -0.3 is 10.8 Å². The standard InChI is InChI=1S/C15H12F2N4O/c1-8-2-5-12(13(22)6-8)21-15(18)14(19-20-21)9-3-4-10(16)11(17)7-9/h2-7,22H,18H2,1H3. The van der Waals surface area contributed by atoms with E-state index in [4.69, 9.17) is 5.73 Å². The van der Waals surface area contributed by atoms with Crippen LogP contribution >= 0.6 is 0 Å². The Morgan fingerprint density at radius 2 is 1.86 bits per heavy atom. The molecular weight excluding hydrogens is 290 g/mol. The van der Waals surface area contributed by atoms with Crippen LogP contribution in [0.25, 0.3) is 16.9 Å². The van der Waals surface area contributed by atoms with Gasteiger partial charge in [0.2, 0.25) is 0 Å². The molecule has 7 heteroatoms. The summed E-state index contributed by atoms with van der Waals surface area (Å²) in [6.07, 6.45) is 0. The zero-order valence-corrected chi connectivity index (χ0v) is 11.6. The molecule has 0 aliphatic carbocycles. The van der Waals surface area contributed by atoms with E-state index in [9.17, 15) is 13.9 Å². The summed E-state index contributed by atoms with van der Waals surface area (Å²) in [6, 6.07) is 8.34. The summed E-state index contributed by atoms with van der Waals surface area (Å²) in [7, 11) is 0. The van der Waals surface area contributed by atoms with E-state index in [2.05, 4.69) is 10.3 Å². The molecule has 0 atom stereocenters. The molecule has 0 unspecified atom stereocenters. The molecule has 112 valence electrons. The van der Waals surface area contributed by atoms with Crippen molar-refractivity contribution in [1.82, 2.24) is 15.0 Å². The lowest BCUT2D eigenvalue weighted by Crippen LogP contribution is -2.03. The van der Waals surface area contributed by atoms with Crippen LogP contribution in [0, 0.1) is 18.6 Å². The Hall–Kier alpha value is -2.96. The predicted molar refractivity (Wildman–Crippen MR) is 77.5 cm³/mol.